The summed E-state index contributed by atoms with van der Waals surface area (Å²) in [5.74, 6) is -1.89. The Balaban J connectivity index is 0.983. The van der Waals surface area contributed by atoms with Gasteiger partial charge in [-0.1, -0.05) is 180 Å². The first-order valence-electron chi connectivity index (χ1n) is 21.5. The van der Waals surface area contributed by atoms with Crippen molar-refractivity contribution in [1.29, 1.82) is 0 Å². The van der Waals surface area contributed by atoms with E-state index in [1.54, 1.807) is 16.9 Å². The number of thioether (sulfide) groups is 2. The zero-order chi connectivity index (χ0) is 47.7. The van der Waals surface area contributed by atoms with Crippen LogP contribution in [0.1, 0.15) is 46.5 Å². The third-order valence-corrected chi connectivity index (χ3v) is 14.9. The molecule has 14 nitrogen and oxygen atoms in total. The van der Waals surface area contributed by atoms with Crippen molar-refractivity contribution in [2.45, 2.75) is 34.3 Å². The number of anilines is 2. The van der Waals surface area contributed by atoms with Gasteiger partial charge in [0.25, 0.3) is 11.8 Å². The number of nitrogens with zero attached hydrogens (tertiary/aromatic N) is 5. The van der Waals surface area contributed by atoms with Gasteiger partial charge >= 0.3 is 5.97 Å². The highest BCUT2D eigenvalue weighted by Crippen LogP contribution is 2.44. The van der Waals surface area contributed by atoms with E-state index in [0.717, 1.165) is 27.8 Å². The van der Waals surface area contributed by atoms with Gasteiger partial charge in [0.05, 0.1) is 0 Å². The quantitative estimate of drug-likeness (QED) is 0.0150. The average molecular weight is 991 g/mol. The molecule has 69 heavy (non-hydrogen) atoms. The predicted octanol–water partition coefficient (Wildman–Crippen LogP) is 9.00. The lowest BCUT2D eigenvalue weighted by Crippen LogP contribution is -2.71. The number of esters is 1. The van der Waals surface area contributed by atoms with Crippen LogP contribution in [0.3, 0.4) is 0 Å². The summed E-state index contributed by atoms with van der Waals surface area (Å²) in [5.41, 5.74) is 4.20. The molecule has 2 unspecified atom stereocenters. The Morgan fingerprint density at radius 2 is 1.38 bits per heavy atom. The second-order valence-corrected chi connectivity index (χ2v) is 19.5. The molecule has 2 aliphatic heterocycles. The molecule has 7 aromatic rings. The Morgan fingerprint density at radius 1 is 0.812 bits per heavy atom. The lowest BCUT2D eigenvalue weighted by molar-refractivity contribution is -0.154. The standard InChI is InChI=1S/C51H42N8O6S4/c1-32(60)52-49-56-57-50(69-49)66-29-28-35-30-67-46-41(45(62)59(46)42(35)47(63)65-43(33-18-8-3-9-19-33)34-20-10-4-11-21-34)54-44(61)40(58-64-2)39-31-68-48(53-39)55-51(36-22-12-5-13-23-36,37-24-14-6-15-25-37)38-26-16-7-17-27-38/h3-29,31,41,43,46H,30H2,1-2H3,(H,53,55)(H,54,61)(H,52,56,60)/b29-28+,58-40+. The minimum absolute atomic E-state index is 0.0545. The van der Waals surface area contributed by atoms with E-state index < -0.39 is 40.8 Å². The topological polar surface area (TPSA) is 177 Å². The predicted molar refractivity (Wildman–Crippen MR) is 271 cm³/mol. The van der Waals surface area contributed by atoms with Gasteiger partial charge in [-0.2, -0.15) is 0 Å². The first-order valence-corrected chi connectivity index (χ1v) is 25.1. The van der Waals surface area contributed by atoms with E-state index in [4.69, 9.17) is 14.6 Å². The molecule has 3 N–H and O–H groups in total. The Hall–Kier alpha value is -7.38. The van der Waals surface area contributed by atoms with Crippen LogP contribution in [0.5, 0.6) is 0 Å². The van der Waals surface area contributed by atoms with E-state index in [0.29, 0.717) is 25.9 Å². The molecule has 18 heteroatoms. The molecule has 9 rings (SSSR count). The van der Waals surface area contributed by atoms with Crippen molar-refractivity contribution in [2.24, 2.45) is 5.16 Å². The summed E-state index contributed by atoms with van der Waals surface area (Å²) < 4.78 is 6.88. The van der Waals surface area contributed by atoms with Crippen LogP contribution in [-0.4, -0.2) is 73.8 Å². The average Bonchev–Trinajstić information content (AvgIpc) is 4.05. The highest BCUT2D eigenvalue weighted by atomic mass is 32.2. The molecule has 1 saturated heterocycles. The first kappa shape index (κ1) is 46.7. The van der Waals surface area contributed by atoms with Crippen LogP contribution < -0.4 is 16.0 Å². The molecule has 5 aromatic carbocycles. The maximum atomic E-state index is 14.6. The maximum Gasteiger partial charge on any atom is 0.356 e. The van der Waals surface area contributed by atoms with E-state index in [-0.39, 0.29) is 23.0 Å². The number of oxime groups is 1. The second-order valence-electron chi connectivity index (χ2n) is 15.4. The van der Waals surface area contributed by atoms with E-state index in [1.807, 2.05) is 115 Å². The number of fused-ring (bicyclic) bond motifs is 1. The molecular formula is C51H42N8O6S4. The summed E-state index contributed by atoms with van der Waals surface area (Å²) >= 11 is 5.12. The number of hydrogen-bond donors (Lipinski definition) is 3. The Kier molecular flexibility index (Phi) is 14.4. The smallest absolute Gasteiger partial charge is 0.356 e. The normalized spacial score (nSPS) is 15.9. The molecule has 0 aliphatic carbocycles. The number of carbonyl (C=O) groups is 4. The van der Waals surface area contributed by atoms with Crippen molar-refractivity contribution in [2.75, 3.05) is 23.5 Å². The molecule has 0 bridgehead atoms. The fourth-order valence-electron chi connectivity index (χ4n) is 8.03. The van der Waals surface area contributed by atoms with E-state index in [2.05, 4.69) is 67.7 Å². The zero-order valence-electron chi connectivity index (χ0n) is 36.9. The van der Waals surface area contributed by atoms with Gasteiger partial charge in [0.2, 0.25) is 11.0 Å². The van der Waals surface area contributed by atoms with Crippen LogP contribution >= 0.6 is 46.2 Å². The molecule has 3 amide bonds. The minimum atomic E-state index is -1.03. The molecule has 346 valence electrons. The molecule has 0 spiro atoms. The molecule has 0 radical (unpaired) electrons. The third-order valence-electron chi connectivity index (χ3n) is 11.1. The van der Waals surface area contributed by atoms with Crippen molar-refractivity contribution in [3.8, 4) is 0 Å². The van der Waals surface area contributed by atoms with Crippen molar-refractivity contribution >= 4 is 85.9 Å². The molecular weight excluding hydrogens is 949 g/mol. The first-order chi connectivity index (χ1) is 33.7. The lowest BCUT2D eigenvalue weighted by Gasteiger charge is -2.49. The number of thiazole rings is 1. The number of ether oxygens (including phenoxy) is 1. The summed E-state index contributed by atoms with van der Waals surface area (Å²) in [7, 11) is 1.33. The Labute approximate surface area is 414 Å². The van der Waals surface area contributed by atoms with Crippen molar-refractivity contribution < 1.29 is 28.8 Å². The fraction of sp³-hybridized carbons (Fsp3) is 0.137. The fourth-order valence-corrected chi connectivity index (χ4v) is 11.7. The van der Waals surface area contributed by atoms with Gasteiger partial charge in [0.15, 0.2) is 21.3 Å². The van der Waals surface area contributed by atoms with Crippen molar-refractivity contribution in [3.63, 3.8) is 0 Å². The van der Waals surface area contributed by atoms with Crippen molar-refractivity contribution in [1.82, 2.24) is 25.4 Å². The van der Waals surface area contributed by atoms with E-state index >= 15 is 0 Å². The number of hydrogen-bond acceptors (Lipinski definition) is 15. The number of β-lactam (4-membered cyclic amide) rings is 1. The van der Waals surface area contributed by atoms with E-state index in [1.165, 1.54) is 65.1 Å². The molecule has 4 heterocycles. The number of benzene rings is 5. The molecule has 2 aliphatic rings. The maximum absolute atomic E-state index is 14.6. The number of aromatic nitrogens is 3. The van der Waals surface area contributed by atoms with Gasteiger partial charge in [-0.25, -0.2) is 9.78 Å². The highest BCUT2D eigenvalue weighted by Gasteiger charge is 2.55. The van der Waals surface area contributed by atoms with Gasteiger partial charge in [-0.05, 0) is 44.9 Å². The van der Waals surface area contributed by atoms with Gasteiger partial charge < -0.3 is 25.5 Å². The molecule has 2 aromatic heterocycles. The monoisotopic (exact) mass is 990 g/mol. The van der Waals surface area contributed by atoms with E-state index in [9.17, 15) is 19.2 Å². The minimum Gasteiger partial charge on any atom is -0.448 e. The van der Waals surface area contributed by atoms with Gasteiger partial charge in [0.1, 0.15) is 35.5 Å². The number of carbonyl (C=O) groups excluding carboxylic acids is 4. The Morgan fingerprint density at radius 3 is 1.93 bits per heavy atom. The number of nitrogens with one attached hydrogen (secondary N) is 3. The van der Waals surface area contributed by atoms with Crippen LogP contribution in [-0.2, 0) is 34.3 Å². The SMILES string of the molecule is CO/N=C(/C(=O)NC1C(=O)N2C(C(=O)OC(c3ccccc3)c3ccccc3)=C(/C=C/Sc3nnc(NC(C)=O)s3)CSC12)c1csc(NC(c2ccccc2)(c2ccccc2)c2ccccc2)n1. The van der Waals surface area contributed by atoms with Gasteiger partial charge in [0, 0.05) is 18.1 Å². The van der Waals surface area contributed by atoms with Crippen LogP contribution in [0.25, 0.3) is 0 Å². The van der Waals surface area contributed by atoms with Crippen LogP contribution in [0, 0.1) is 0 Å². The van der Waals surface area contributed by atoms with Gasteiger partial charge in [-0.3, -0.25) is 19.3 Å². The van der Waals surface area contributed by atoms with Crippen molar-refractivity contribution in [3.05, 3.63) is 213 Å². The summed E-state index contributed by atoms with van der Waals surface area (Å²) in [6.07, 6.45) is 0.951. The highest BCUT2D eigenvalue weighted by molar-refractivity contribution is 8.03. The largest absolute Gasteiger partial charge is 0.448 e. The number of amides is 3. The second kappa shape index (κ2) is 21.3. The molecule has 0 saturated carbocycles. The summed E-state index contributed by atoms with van der Waals surface area (Å²) in [6, 6.07) is 47.9. The zero-order valence-corrected chi connectivity index (χ0v) is 40.2. The summed E-state index contributed by atoms with van der Waals surface area (Å²) in [6.45, 7) is 1.39. The number of allylic oxidation sites excluding steroid dienone is 1. The molecule has 1 fully saturated rings. The summed E-state index contributed by atoms with van der Waals surface area (Å²) in [4.78, 5) is 66.3. The molecule has 2 atom stereocenters. The lowest BCUT2D eigenvalue weighted by atomic mass is 9.77. The van der Waals surface area contributed by atoms with Crippen LogP contribution in [0.2, 0.25) is 0 Å². The summed E-state index contributed by atoms with van der Waals surface area (Å²) in [5, 5.41) is 25.1. The third kappa shape index (κ3) is 10.1. The van der Waals surface area contributed by atoms with Crippen LogP contribution in [0.4, 0.5) is 10.3 Å². The Bertz CT molecular complexity index is 2910. The van der Waals surface area contributed by atoms with Gasteiger partial charge in [-0.15, -0.1) is 33.3 Å². The van der Waals surface area contributed by atoms with Crippen LogP contribution in [0.15, 0.2) is 189 Å². The number of rotatable bonds is 17.